The van der Waals surface area contributed by atoms with Crippen LogP contribution in [0.3, 0.4) is 0 Å². The second-order valence-corrected chi connectivity index (χ2v) is 5.26. The molecule has 0 atom stereocenters. The van der Waals surface area contributed by atoms with Crippen molar-refractivity contribution < 1.29 is 18.4 Å². The highest BCUT2D eigenvalue weighted by Gasteiger charge is 2.34. The van der Waals surface area contributed by atoms with Crippen LogP contribution in [0.15, 0.2) is 37.7 Å². The smallest absolute Gasteiger partial charge is 0.271 e. The minimum Gasteiger partial charge on any atom is -0.458 e. The molecule has 3 heterocycles. The van der Waals surface area contributed by atoms with Crippen LogP contribution in [-0.2, 0) is 9.59 Å². The molecule has 3 rings (SSSR count). The van der Waals surface area contributed by atoms with E-state index in [1.807, 2.05) is 13.0 Å². The molecule has 0 radical (unpaired) electrons. The molecule has 0 unspecified atom stereocenters. The number of rotatable bonds is 2. The maximum atomic E-state index is 12.5. The monoisotopic (exact) mass is 310 g/mol. The van der Waals surface area contributed by atoms with Crippen molar-refractivity contribution >= 4 is 29.1 Å². The van der Waals surface area contributed by atoms with Gasteiger partial charge in [-0.2, -0.15) is 5.26 Å². The molecule has 0 saturated heterocycles. The summed E-state index contributed by atoms with van der Waals surface area (Å²) < 4.78 is 11.1. The summed E-state index contributed by atoms with van der Waals surface area (Å²) in [6.45, 7) is 5.29. The summed E-state index contributed by atoms with van der Waals surface area (Å²) in [5.41, 5.74) is 1.78. The lowest BCUT2D eigenvalue weighted by Crippen LogP contribution is -2.42. The molecule has 0 aliphatic carbocycles. The maximum absolute atomic E-state index is 12.5. The zero-order valence-corrected chi connectivity index (χ0v) is 13.0. The van der Waals surface area contributed by atoms with Crippen molar-refractivity contribution in [2.45, 2.75) is 20.8 Å². The molecule has 1 aliphatic rings. The second kappa shape index (κ2) is 5.29. The van der Waals surface area contributed by atoms with E-state index in [1.54, 1.807) is 26.0 Å². The Hall–Kier alpha value is -3.07. The Morgan fingerprint density at radius 1 is 1.17 bits per heavy atom. The minimum atomic E-state index is -0.557. The van der Waals surface area contributed by atoms with Crippen LogP contribution in [0.4, 0.5) is 0 Å². The number of aryl methyl sites for hydroxylation is 1. The first kappa shape index (κ1) is 14.9. The number of fused-ring (bicyclic) bond motifs is 1. The normalized spacial score (nSPS) is 17.5. The first-order valence-corrected chi connectivity index (χ1v) is 7.15. The number of likely N-dealkylation sites (N-methyl/N-ethyl adjacent to an activating group) is 1. The number of hydrogen-bond acceptors (Lipinski definition) is 5. The van der Waals surface area contributed by atoms with Gasteiger partial charge in [-0.1, -0.05) is 0 Å². The van der Waals surface area contributed by atoms with Crippen molar-refractivity contribution in [2.75, 3.05) is 6.54 Å². The number of carbonyl (C=O) groups is 2. The molecule has 23 heavy (non-hydrogen) atoms. The fourth-order valence-corrected chi connectivity index (χ4v) is 2.61. The summed E-state index contributed by atoms with van der Waals surface area (Å²) in [7, 11) is 0. The second-order valence-electron chi connectivity index (χ2n) is 5.26. The average molecular weight is 310 g/mol. The molecule has 0 aromatic carbocycles. The number of furan rings is 2. The van der Waals surface area contributed by atoms with Crippen LogP contribution in [0.25, 0.3) is 17.2 Å². The molecule has 1 aliphatic heterocycles. The zero-order chi connectivity index (χ0) is 16.7. The van der Waals surface area contributed by atoms with Crippen LogP contribution in [0.1, 0.15) is 25.4 Å². The van der Waals surface area contributed by atoms with Gasteiger partial charge in [0.05, 0.1) is 0 Å². The molecule has 2 aromatic rings. The fraction of sp³-hybridized carbons (Fsp3) is 0.235. The number of nitrogens with zero attached hydrogens (tertiary/aromatic N) is 2. The van der Waals surface area contributed by atoms with Gasteiger partial charge in [-0.15, -0.1) is 0 Å². The van der Waals surface area contributed by atoms with Gasteiger partial charge in [0.1, 0.15) is 23.2 Å². The summed E-state index contributed by atoms with van der Waals surface area (Å²) in [5.74, 6) is 0.179. The van der Waals surface area contributed by atoms with Crippen LogP contribution in [0.5, 0.6) is 0 Å². The van der Waals surface area contributed by atoms with Gasteiger partial charge < -0.3 is 8.83 Å². The Bertz CT molecular complexity index is 902. The maximum Gasteiger partial charge on any atom is 0.271 e. The van der Waals surface area contributed by atoms with Crippen LogP contribution in [-0.4, -0.2) is 23.3 Å². The van der Waals surface area contributed by atoms with Crippen molar-refractivity contribution in [1.82, 2.24) is 4.90 Å². The van der Waals surface area contributed by atoms with Crippen LogP contribution >= 0.6 is 0 Å². The largest absolute Gasteiger partial charge is 0.458 e. The van der Waals surface area contributed by atoms with Crippen molar-refractivity contribution in [1.29, 1.82) is 5.26 Å². The number of nitriles is 1. The lowest BCUT2D eigenvalue weighted by molar-refractivity contribution is -0.140. The van der Waals surface area contributed by atoms with E-state index >= 15 is 0 Å². The van der Waals surface area contributed by atoms with Crippen molar-refractivity contribution in [3.05, 3.63) is 40.4 Å². The third-order valence-electron chi connectivity index (χ3n) is 3.78. The number of amides is 2. The van der Waals surface area contributed by atoms with Gasteiger partial charge >= 0.3 is 0 Å². The van der Waals surface area contributed by atoms with Crippen molar-refractivity contribution in [3.63, 3.8) is 0 Å². The van der Waals surface area contributed by atoms with Crippen LogP contribution in [0, 0.1) is 18.3 Å². The quantitative estimate of drug-likeness (QED) is 0.628. The third kappa shape index (κ3) is 2.27. The number of imide groups is 1. The predicted molar refractivity (Wildman–Crippen MR) is 81.9 cm³/mol. The molecular weight excluding hydrogens is 296 g/mol. The third-order valence-corrected chi connectivity index (χ3v) is 3.78. The van der Waals surface area contributed by atoms with E-state index in [-0.39, 0.29) is 17.7 Å². The van der Waals surface area contributed by atoms with Crippen LogP contribution in [0.2, 0.25) is 0 Å². The summed E-state index contributed by atoms with van der Waals surface area (Å²) >= 11 is 0. The van der Waals surface area contributed by atoms with E-state index in [4.69, 9.17) is 8.83 Å². The molecule has 2 aromatic heterocycles. The Morgan fingerprint density at radius 2 is 1.87 bits per heavy atom. The zero-order valence-electron chi connectivity index (χ0n) is 13.0. The molecule has 0 fully saturated rings. The van der Waals surface area contributed by atoms with Gasteiger partial charge in [-0.3, -0.25) is 14.5 Å². The molecule has 0 saturated carbocycles. The Kier molecular flexibility index (Phi) is 3.41. The Labute approximate surface area is 132 Å². The van der Waals surface area contributed by atoms with Gasteiger partial charge in [-0.25, -0.2) is 0 Å². The molecule has 116 valence electrons. The first-order chi connectivity index (χ1) is 11.0. The summed E-state index contributed by atoms with van der Waals surface area (Å²) in [6, 6.07) is 5.31. The summed E-state index contributed by atoms with van der Waals surface area (Å²) in [6.07, 6.45) is 1.54. The van der Waals surface area contributed by atoms with E-state index in [0.717, 1.165) is 10.7 Å². The van der Waals surface area contributed by atoms with E-state index in [9.17, 15) is 14.9 Å². The molecule has 0 spiro atoms. The molecular formula is C17H14N2O4. The number of hydrogen-bond donors (Lipinski definition) is 0. The average Bonchev–Trinajstić information content (AvgIpc) is 3.01. The van der Waals surface area contributed by atoms with E-state index < -0.39 is 11.8 Å². The van der Waals surface area contributed by atoms with Gasteiger partial charge in [0, 0.05) is 24.3 Å². The molecule has 2 amide bonds. The molecule has 6 heteroatoms. The topological polar surface area (TPSA) is 87.4 Å². The minimum absolute atomic E-state index is 0.0243. The Morgan fingerprint density at radius 3 is 2.48 bits per heavy atom. The summed E-state index contributed by atoms with van der Waals surface area (Å²) in [5, 5.41) is 9.19. The van der Waals surface area contributed by atoms with Gasteiger partial charge in [0.2, 0.25) is 0 Å². The Balaban J connectivity index is 2.13. The molecule has 0 N–H and O–H groups in total. The SMILES string of the molecule is CCN1C(=O)C(C#N)=C(C)/C(=C/c2cc3oc(C)cc3o2)C1=O. The predicted octanol–water partition coefficient (Wildman–Crippen LogP) is 2.95. The van der Waals surface area contributed by atoms with Crippen molar-refractivity contribution in [3.8, 4) is 6.07 Å². The van der Waals surface area contributed by atoms with E-state index in [2.05, 4.69) is 0 Å². The summed E-state index contributed by atoms with van der Waals surface area (Å²) in [4.78, 5) is 25.6. The molecule has 6 nitrogen and oxygen atoms in total. The highest BCUT2D eigenvalue weighted by atomic mass is 16.4. The highest BCUT2D eigenvalue weighted by molar-refractivity contribution is 6.19. The standard InChI is InChI=1S/C17H14N2O4/c1-4-19-16(20)12(10(3)13(8-18)17(19)21)6-11-7-15-14(23-11)5-9(2)22-15/h5-7H,4H2,1-3H3/b12-6-. The molecule has 0 bridgehead atoms. The highest BCUT2D eigenvalue weighted by Crippen LogP contribution is 2.29. The lowest BCUT2D eigenvalue weighted by Gasteiger charge is -2.25. The van der Waals surface area contributed by atoms with Gasteiger partial charge in [-0.05, 0) is 32.4 Å². The van der Waals surface area contributed by atoms with E-state index in [1.165, 1.54) is 6.08 Å². The van der Waals surface area contributed by atoms with E-state index in [0.29, 0.717) is 22.5 Å². The van der Waals surface area contributed by atoms with Crippen molar-refractivity contribution in [2.24, 2.45) is 0 Å². The van der Waals surface area contributed by atoms with Gasteiger partial charge in [0.15, 0.2) is 11.2 Å². The lowest BCUT2D eigenvalue weighted by atomic mass is 9.95. The number of carbonyl (C=O) groups excluding carboxylic acids is 2. The van der Waals surface area contributed by atoms with Gasteiger partial charge in [0.25, 0.3) is 11.8 Å². The fourth-order valence-electron chi connectivity index (χ4n) is 2.61. The van der Waals surface area contributed by atoms with Crippen LogP contribution < -0.4 is 0 Å². The first-order valence-electron chi connectivity index (χ1n) is 7.15.